The minimum absolute atomic E-state index is 0.0269. The van der Waals surface area contributed by atoms with Gasteiger partial charge in [-0.15, -0.1) is 0 Å². The quantitative estimate of drug-likeness (QED) is 0.683. The van der Waals surface area contributed by atoms with Crippen LogP contribution in [0.4, 0.5) is 0 Å². The highest BCUT2D eigenvalue weighted by atomic mass is 16.5. The average molecular weight is 402 g/mol. The molecule has 0 radical (unpaired) electrons. The molecule has 6 heteroatoms. The third-order valence-electron chi connectivity index (χ3n) is 8.47. The van der Waals surface area contributed by atoms with Gasteiger partial charge in [0.1, 0.15) is 5.75 Å². The van der Waals surface area contributed by atoms with Crippen LogP contribution in [-0.4, -0.2) is 71.2 Å². The Bertz CT molecular complexity index is 814. The van der Waals surface area contributed by atoms with Crippen LogP contribution in [0.3, 0.4) is 0 Å². The molecule has 1 spiro atoms. The Labute approximate surface area is 172 Å². The first-order valence-electron chi connectivity index (χ1n) is 10.5. The van der Waals surface area contributed by atoms with Gasteiger partial charge >= 0.3 is 0 Å². The van der Waals surface area contributed by atoms with Crippen molar-refractivity contribution in [3.8, 4) is 5.75 Å². The molecular weight excluding hydrogens is 370 g/mol. The second-order valence-electron chi connectivity index (χ2n) is 9.28. The number of amides is 1. The fourth-order valence-corrected chi connectivity index (χ4v) is 7.92. The minimum atomic E-state index is -0.307. The molecule has 4 aliphatic rings. The van der Waals surface area contributed by atoms with Crippen LogP contribution < -0.4 is 4.74 Å². The van der Waals surface area contributed by atoms with Crippen molar-refractivity contribution in [1.29, 1.82) is 0 Å². The molecule has 5 rings (SSSR count). The molecule has 1 aromatic carbocycles. The van der Waals surface area contributed by atoms with Gasteiger partial charge in [-0.25, -0.2) is 0 Å². The van der Waals surface area contributed by atoms with Gasteiger partial charge in [-0.1, -0.05) is 6.07 Å². The van der Waals surface area contributed by atoms with E-state index in [0.29, 0.717) is 6.61 Å². The van der Waals surface area contributed by atoms with Crippen molar-refractivity contribution < 1.29 is 23.7 Å². The summed E-state index contributed by atoms with van der Waals surface area (Å²) in [6.07, 6.45) is 3.97. The molecule has 2 saturated carbocycles. The topological polar surface area (TPSA) is 57.2 Å². The van der Waals surface area contributed by atoms with Crippen LogP contribution >= 0.6 is 0 Å². The number of benzene rings is 1. The molecule has 0 N–H and O–H groups in total. The number of piperidine rings is 1. The van der Waals surface area contributed by atoms with Crippen LogP contribution in [0.15, 0.2) is 18.2 Å². The van der Waals surface area contributed by atoms with E-state index in [1.165, 1.54) is 11.1 Å². The van der Waals surface area contributed by atoms with Gasteiger partial charge in [0.25, 0.3) is 0 Å². The van der Waals surface area contributed by atoms with Crippen LogP contribution in [0.1, 0.15) is 24.0 Å². The summed E-state index contributed by atoms with van der Waals surface area (Å²) in [4.78, 5) is 14.4. The second kappa shape index (κ2) is 6.69. The molecule has 3 unspecified atom stereocenters. The molecule has 5 bridgehead atoms. The first kappa shape index (κ1) is 19.3. The third kappa shape index (κ3) is 2.20. The van der Waals surface area contributed by atoms with Crippen molar-refractivity contribution in [2.45, 2.75) is 42.9 Å². The molecular formula is C23H31NO5. The van der Waals surface area contributed by atoms with Crippen LogP contribution in [0.5, 0.6) is 5.75 Å². The number of methoxy groups -OCH3 is 4. The van der Waals surface area contributed by atoms with Crippen molar-refractivity contribution in [2.24, 2.45) is 17.3 Å². The number of hydrogen-bond donors (Lipinski definition) is 0. The van der Waals surface area contributed by atoms with Crippen molar-refractivity contribution in [1.82, 2.24) is 4.90 Å². The molecule has 3 fully saturated rings. The van der Waals surface area contributed by atoms with E-state index >= 15 is 0 Å². The number of carbonyl (C=O) groups is 1. The lowest BCUT2D eigenvalue weighted by molar-refractivity contribution is -0.181. The molecule has 3 aliphatic carbocycles. The maximum atomic E-state index is 12.4. The van der Waals surface area contributed by atoms with E-state index in [2.05, 4.69) is 12.1 Å². The molecule has 29 heavy (non-hydrogen) atoms. The van der Waals surface area contributed by atoms with Gasteiger partial charge in [0.05, 0.1) is 25.9 Å². The minimum Gasteiger partial charge on any atom is -0.497 e. The van der Waals surface area contributed by atoms with E-state index in [9.17, 15) is 4.79 Å². The monoisotopic (exact) mass is 401 g/mol. The van der Waals surface area contributed by atoms with Gasteiger partial charge in [0.15, 0.2) is 0 Å². The number of rotatable bonds is 6. The summed E-state index contributed by atoms with van der Waals surface area (Å²) in [5.41, 5.74) is 2.17. The van der Waals surface area contributed by atoms with Gasteiger partial charge in [0, 0.05) is 56.6 Å². The Kier molecular flexibility index (Phi) is 4.46. The molecule has 158 valence electrons. The number of nitrogens with zero attached hydrogens (tertiary/aromatic N) is 1. The fraction of sp³-hybridized carbons (Fsp3) is 0.696. The van der Waals surface area contributed by atoms with Crippen LogP contribution in [0.25, 0.3) is 0 Å². The second-order valence-corrected chi connectivity index (χ2v) is 9.28. The first-order chi connectivity index (χ1) is 14.1. The van der Waals surface area contributed by atoms with E-state index < -0.39 is 0 Å². The highest BCUT2D eigenvalue weighted by molar-refractivity contribution is 5.57. The zero-order valence-corrected chi connectivity index (χ0v) is 17.7. The number of carbonyl (C=O) groups excluding carboxylic acids is 1. The Morgan fingerprint density at radius 1 is 1.21 bits per heavy atom. The van der Waals surface area contributed by atoms with Gasteiger partial charge < -0.3 is 23.8 Å². The van der Waals surface area contributed by atoms with Gasteiger partial charge in [-0.05, 0) is 42.5 Å². The van der Waals surface area contributed by atoms with E-state index in [1.54, 1.807) is 14.2 Å². The molecule has 1 aromatic rings. The standard InChI is InChI=1S/C23H31NO5/c1-26-12-22-8-7-18(28-3)23-17-10-15(27-2)6-5-14(17)9-16(19(29-4)20(22)23)21(23)24(11-22)13-25/h5-6,10,13,16,18-21H,7-9,11-12H2,1-4H3/t16?,18-,19-,20?,21?,22-,23-/m0/s1. The molecule has 0 aromatic heterocycles. The molecule has 1 saturated heterocycles. The Hall–Kier alpha value is -1.63. The zero-order valence-electron chi connectivity index (χ0n) is 17.7. The zero-order chi connectivity index (χ0) is 20.4. The largest absolute Gasteiger partial charge is 0.497 e. The van der Waals surface area contributed by atoms with E-state index in [4.69, 9.17) is 18.9 Å². The summed E-state index contributed by atoms with van der Waals surface area (Å²) < 4.78 is 23.8. The van der Waals surface area contributed by atoms with Gasteiger partial charge in [-0.2, -0.15) is 0 Å². The lowest BCUT2D eigenvalue weighted by Gasteiger charge is -2.64. The molecule has 1 amide bonds. The molecule has 1 aliphatic heterocycles. The summed E-state index contributed by atoms with van der Waals surface area (Å²) in [5.74, 6) is 1.34. The normalized spacial score (nSPS) is 41.8. The summed E-state index contributed by atoms with van der Waals surface area (Å²) in [5, 5.41) is 0. The van der Waals surface area contributed by atoms with E-state index in [0.717, 1.165) is 38.0 Å². The van der Waals surface area contributed by atoms with Crippen molar-refractivity contribution in [3.05, 3.63) is 29.3 Å². The van der Waals surface area contributed by atoms with Gasteiger partial charge in [0.2, 0.25) is 6.41 Å². The van der Waals surface area contributed by atoms with Crippen LogP contribution in [0.2, 0.25) is 0 Å². The number of hydrogen-bond acceptors (Lipinski definition) is 5. The maximum Gasteiger partial charge on any atom is 0.210 e. The van der Waals surface area contributed by atoms with Crippen molar-refractivity contribution >= 4 is 6.41 Å². The molecule has 7 atom stereocenters. The summed E-state index contributed by atoms with van der Waals surface area (Å²) >= 11 is 0. The number of likely N-dealkylation sites (tertiary alicyclic amines) is 1. The smallest absolute Gasteiger partial charge is 0.210 e. The Morgan fingerprint density at radius 2 is 2.03 bits per heavy atom. The predicted molar refractivity (Wildman–Crippen MR) is 107 cm³/mol. The summed E-state index contributed by atoms with van der Waals surface area (Å²) in [6, 6.07) is 6.50. The lowest BCUT2D eigenvalue weighted by atomic mass is 9.47. The summed E-state index contributed by atoms with van der Waals surface area (Å²) in [6.45, 7) is 1.35. The molecule has 1 heterocycles. The SMILES string of the molecule is COC[C@]12CC[C@H](OC)[C@]34c5cc(OC)ccc5CC(C3N(C=O)C1)[C@H](OC)C24. The van der Waals surface area contributed by atoms with Crippen molar-refractivity contribution in [2.75, 3.05) is 41.6 Å². The highest BCUT2D eigenvalue weighted by Crippen LogP contribution is 2.70. The average Bonchev–Trinajstić information content (AvgIpc) is 2.88. The maximum absolute atomic E-state index is 12.4. The Morgan fingerprint density at radius 3 is 2.69 bits per heavy atom. The third-order valence-corrected chi connectivity index (χ3v) is 8.47. The molecule has 6 nitrogen and oxygen atoms in total. The fourth-order valence-electron chi connectivity index (χ4n) is 7.92. The van der Waals surface area contributed by atoms with Crippen molar-refractivity contribution in [3.63, 3.8) is 0 Å². The lowest BCUT2D eigenvalue weighted by Crippen LogP contribution is -2.72. The van der Waals surface area contributed by atoms with Crippen LogP contribution in [-0.2, 0) is 30.8 Å². The van der Waals surface area contributed by atoms with Gasteiger partial charge in [-0.3, -0.25) is 4.79 Å². The highest BCUT2D eigenvalue weighted by Gasteiger charge is 2.77. The number of fused-ring (bicyclic) bond motifs is 1. The van der Waals surface area contributed by atoms with E-state index in [1.807, 2.05) is 25.2 Å². The van der Waals surface area contributed by atoms with Crippen LogP contribution in [0, 0.1) is 17.3 Å². The van der Waals surface area contributed by atoms with E-state index in [-0.39, 0.29) is 40.9 Å². The predicted octanol–water partition coefficient (Wildman–Crippen LogP) is 2.03. The number of ether oxygens (including phenoxy) is 4. The summed E-state index contributed by atoms with van der Waals surface area (Å²) in [7, 11) is 7.11. The first-order valence-corrected chi connectivity index (χ1v) is 10.5. The Balaban J connectivity index is 1.83.